The van der Waals surface area contributed by atoms with Gasteiger partial charge in [0.2, 0.25) is 0 Å². The van der Waals surface area contributed by atoms with E-state index >= 15 is 0 Å². The van der Waals surface area contributed by atoms with Crippen molar-refractivity contribution in [3.05, 3.63) is 0 Å². The molecule has 0 saturated carbocycles. The van der Waals surface area contributed by atoms with E-state index in [1.807, 2.05) is 11.8 Å². The Labute approximate surface area is 88.1 Å². The number of thioether (sulfide) groups is 1. The lowest BCUT2D eigenvalue weighted by Gasteiger charge is -2.32. The molecule has 2 heteroatoms. The van der Waals surface area contributed by atoms with E-state index in [4.69, 9.17) is 0 Å². The molecule has 1 nitrogen and oxygen atoms in total. The summed E-state index contributed by atoms with van der Waals surface area (Å²) in [5.41, 5.74) is 0.354. The molecule has 0 aromatic carbocycles. The van der Waals surface area contributed by atoms with Crippen LogP contribution >= 0.6 is 11.8 Å². The zero-order chi connectivity index (χ0) is 10.7. The fourth-order valence-corrected chi connectivity index (χ4v) is 2.43. The molecule has 80 valence electrons. The first-order valence-corrected chi connectivity index (χ1v) is 5.96. The summed E-state index contributed by atoms with van der Waals surface area (Å²) in [7, 11) is 2.05. The van der Waals surface area contributed by atoms with E-state index in [9.17, 15) is 0 Å². The van der Waals surface area contributed by atoms with Crippen molar-refractivity contribution in [1.29, 1.82) is 0 Å². The Kier molecular flexibility index (Phi) is 4.81. The molecule has 1 N–H and O–H groups in total. The third-order valence-electron chi connectivity index (χ3n) is 2.08. The van der Waals surface area contributed by atoms with E-state index in [2.05, 4.69) is 53.9 Å². The zero-order valence-electron chi connectivity index (χ0n) is 10.2. The van der Waals surface area contributed by atoms with E-state index in [1.165, 1.54) is 5.75 Å². The molecule has 0 fully saturated rings. The summed E-state index contributed by atoms with van der Waals surface area (Å²) in [6.07, 6.45) is 0. The minimum atomic E-state index is 0.354. The number of nitrogens with one attached hydrogen (secondary N) is 1. The topological polar surface area (TPSA) is 12.0 Å². The average molecular weight is 203 g/mol. The van der Waals surface area contributed by atoms with Gasteiger partial charge in [0, 0.05) is 16.5 Å². The summed E-state index contributed by atoms with van der Waals surface area (Å²) >= 11 is 2.03. The van der Waals surface area contributed by atoms with Crippen molar-refractivity contribution in [3.8, 4) is 0 Å². The lowest BCUT2D eigenvalue weighted by Crippen LogP contribution is -2.40. The van der Waals surface area contributed by atoms with Gasteiger partial charge < -0.3 is 5.32 Å². The molecule has 0 aromatic heterocycles. The fourth-order valence-electron chi connectivity index (χ4n) is 1.10. The van der Waals surface area contributed by atoms with Crippen LogP contribution in [0.2, 0.25) is 0 Å². The molecule has 0 aromatic rings. The predicted octanol–water partition coefficient (Wildman–Crippen LogP) is 3.15. The molecule has 0 saturated heterocycles. The molecule has 0 radical (unpaired) electrons. The molecule has 0 rings (SSSR count). The Balaban J connectivity index is 4.02. The highest BCUT2D eigenvalue weighted by Crippen LogP contribution is 2.29. The lowest BCUT2D eigenvalue weighted by atomic mass is 9.88. The van der Waals surface area contributed by atoms with E-state index in [1.54, 1.807) is 0 Å². The van der Waals surface area contributed by atoms with Gasteiger partial charge in [-0.05, 0) is 12.5 Å². The molecule has 13 heavy (non-hydrogen) atoms. The Morgan fingerprint density at radius 2 is 1.54 bits per heavy atom. The normalized spacial score (nSPS) is 15.9. The summed E-state index contributed by atoms with van der Waals surface area (Å²) in [4.78, 5) is 0. The summed E-state index contributed by atoms with van der Waals surface area (Å²) in [5, 5.41) is 3.39. The zero-order valence-corrected chi connectivity index (χ0v) is 11.0. The first-order chi connectivity index (χ1) is 5.67. The molecular weight excluding hydrogens is 178 g/mol. The maximum atomic E-state index is 3.39. The Bertz CT molecular complexity index is 141. The van der Waals surface area contributed by atoms with Gasteiger partial charge in [-0.3, -0.25) is 0 Å². The second-order valence-corrected chi connectivity index (χ2v) is 7.48. The second kappa shape index (κ2) is 4.70. The summed E-state index contributed by atoms with van der Waals surface area (Å²) < 4.78 is 0.375. The Hall–Kier alpha value is 0.310. The molecule has 0 aliphatic heterocycles. The summed E-state index contributed by atoms with van der Waals surface area (Å²) in [6, 6.07) is 0.594. The smallest absolute Gasteiger partial charge is 0.0203 e. The van der Waals surface area contributed by atoms with Gasteiger partial charge in [-0.15, -0.1) is 0 Å². The maximum Gasteiger partial charge on any atom is 0.0203 e. The van der Waals surface area contributed by atoms with Crippen LogP contribution in [-0.4, -0.2) is 23.6 Å². The van der Waals surface area contributed by atoms with Crippen molar-refractivity contribution in [3.63, 3.8) is 0 Å². The van der Waals surface area contributed by atoms with Crippen molar-refractivity contribution >= 4 is 11.8 Å². The largest absolute Gasteiger partial charge is 0.316 e. The minimum Gasteiger partial charge on any atom is -0.316 e. The molecule has 0 bridgehead atoms. The van der Waals surface area contributed by atoms with E-state index in [0.717, 1.165) is 0 Å². The Morgan fingerprint density at radius 1 is 1.08 bits per heavy atom. The molecule has 0 aliphatic carbocycles. The van der Waals surface area contributed by atoms with E-state index < -0.39 is 0 Å². The van der Waals surface area contributed by atoms with Crippen molar-refractivity contribution in [2.24, 2.45) is 5.41 Å². The monoisotopic (exact) mass is 203 g/mol. The highest BCUT2D eigenvalue weighted by Gasteiger charge is 2.24. The third-order valence-corrected chi connectivity index (χ3v) is 3.44. The number of hydrogen-bond donors (Lipinski definition) is 1. The fraction of sp³-hybridized carbons (Fsp3) is 1.00. The van der Waals surface area contributed by atoms with Gasteiger partial charge in [-0.25, -0.2) is 0 Å². The van der Waals surface area contributed by atoms with Gasteiger partial charge in [0.1, 0.15) is 0 Å². The summed E-state index contributed by atoms with van der Waals surface area (Å²) in [6.45, 7) is 13.7. The molecule has 0 amide bonds. The van der Waals surface area contributed by atoms with Crippen molar-refractivity contribution < 1.29 is 0 Å². The second-order valence-electron chi connectivity index (χ2n) is 5.63. The van der Waals surface area contributed by atoms with E-state index in [0.29, 0.717) is 16.2 Å². The molecule has 0 spiro atoms. The minimum absolute atomic E-state index is 0.354. The van der Waals surface area contributed by atoms with Crippen LogP contribution < -0.4 is 5.32 Å². The van der Waals surface area contributed by atoms with Crippen LogP contribution in [0.1, 0.15) is 41.5 Å². The van der Waals surface area contributed by atoms with Crippen molar-refractivity contribution in [2.45, 2.75) is 52.3 Å². The average Bonchev–Trinajstić information content (AvgIpc) is 1.82. The SMILES string of the molecule is CNC(CSC(C)(C)C)C(C)(C)C. The summed E-state index contributed by atoms with van der Waals surface area (Å²) in [5.74, 6) is 1.18. The van der Waals surface area contributed by atoms with Crippen LogP contribution in [0.3, 0.4) is 0 Å². The molecular formula is C11H25NS. The van der Waals surface area contributed by atoms with Crippen LogP contribution in [0.15, 0.2) is 0 Å². The van der Waals surface area contributed by atoms with Crippen LogP contribution in [-0.2, 0) is 0 Å². The van der Waals surface area contributed by atoms with E-state index in [-0.39, 0.29) is 0 Å². The quantitative estimate of drug-likeness (QED) is 0.756. The van der Waals surface area contributed by atoms with Gasteiger partial charge in [0.05, 0.1) is 0 Å². The standard InChI is InChI=1S/C11H25NS/c1-10(2,3)9(12-7)8-13-11(4,5)6/h9,12H,8H2,1-7H3. The molecule has 1 atom stereocenters. The van der Waals surface area contributed by atoms with Crippen molar-refractivity contribution in [1.82, 2.24) is 5.32 Å². The van der Waals surface area contributed by atoms with Crippen LogP contribution in [0.4, 0.5) is 0 Å². The van der Waals surface area contributed by atoms with Gasteiger partial charge in [0.15, 0.2) is 0 Å². The first-order valence-electron chi connectivity index (χ1n) is 4.98. The third kappa shape index (κ3) is 6.39. The van der Waals surface area contributed by atoms with Crippen LogP contribution in [0.25, 0.3) is 0 Å². The van der Waals surface area contributed by atoms with Gasteiger partial charge in [-0.1, -0.05) is 41.5 Å². The van der Waals surface area contributed by atoms with Gasteiger partial charge in [0.25, 0.3) is 0 Å². The maximum absolute atomic E-state index is 3.39. The molecule has 0 heterocycles. The number of hydrogen-bond acceptors (Lipinski definition) is 2. The number of rotatable bonds is 3. The van der Waals surface area contributed by atoms with Gasteiger partial charge in [-0.2, -0.15) is 11.8 Å². The molecule has 0 aliphatic rings. The highest BCUT2D eigenvalue weighted by molar-refractivity contribution is 8.00. The van der Waals surface area contributed by atoms with Crippen LogP contribution in [0.5, 0.6) is 0 Å². The first kappa shape index (κ1) is 13.3. The Morgan fingerprint density at radius 3 is 1.77 bits per heavy atom. The van der Waals surface area contributed by atoms with Crippen LogP contribution in [0, 0.1) is 5.41 Å². The lowest BCUT2D eigenvalue weighted by molar-refractivity contribution is 0.305. The molecule has 1 unspecified atom stereocenters. The predicted molar refractivity (Wildman–Crippen MR) is 64.5 cm³/mol. The van der Waals surface area contributed by atoms with Gasteiger partial charge >= 0.3 is 0 Å². The van der Waals surface area contributed by atoms with Crippen molar-refractivity contribution in [2.75, 3.05) is 12.8 Å². The highest BCUT2D eigenvalue weighted by atomic mass is 32.2.